The van der Waals surface area contributed by atoms with Crippen molar-refractivity contribution < 1.29 is 0 Å². The minimum atomic E-state index is 0.326. The zero-order valence-electron chi connectivity index (χ0n) is 9.85. The molecule has 0 bridgehead atoms. The molecule has 15 heavy (non-hydrogen) atoms. The molecule has 2 aliphatic carbocycles. The maximum absolute atomic E-state index is 7.15. The van der Waals surface area contributed by atoms with Crippen LogP contribution in [0.2, 0.25) is 0 Å². The van der Waals surface area contributed by atoms with Crippen LogP contribution in [0.3, 0.4) is 0 Å². The first kappa shape index (κ1) is 10.4. The lowest BCUT2D eigenvalue weighted by atomic mass is 9.95. The highest BCUT2D eigenvalue weighted by Gasteiger charge is 2.51. The Labute approximate surface area is 92.1 Å². The summed E-state index contributed by atoms with van der Waals surface area (Å²) in [7, 11) is 0. The lowest BCUT2D eigenvalue weighted by Gasteiger charge is -2.09. The summed E-state index contributed by atoms with van der Waals surface area (Å²) in [6.45, 7) is 10.6. The minimum absolute atomic E-state index is 0.326. The smallest absolute Gasteiger partial charge is 0.0265 e. The average molecular weight is 201 g/mol. The predicted octanol–water partition coefficient (Wildman–Crippen LogP) is 3.73. The number of allylic oxidation sites excluding steroid dienone is 2. The Kier molecular flexibility index (Phi) is 2.24. The Morgan fingerprint density at radius 1 is 1.60 bits per heavy atom. The Balaban J connectivity index is 2.13. The van der Waals surface area contributed by atoms with Gasteiger partial charge in [-0.25, -0.2) is 0 Å². The fourth-order valence-corrected chi connectivity index (χ4v) is 2.29. The van der Waals surface area contributed by atoms with Gasteiger partial charge in [-0.2, -0.15) is 0 Å². The third-order valence-electron chi connectivity index (χ3n) is 4.02. The predicted molar refractivity (Wildman–Crippen MR) is 64.1 cm³/mol. The van der Waals surface area contributed by atoms with Gasteiger partial charge in [0.05, 0.1) is 0 Å². The van der Waals surface area contributed by atoms with Gasteiger partial charge in [0.2, 0.25) is 0 Å². The van der Waals surface area contributed by atoms with E-state index < -0.39 is 0 Å². The van der Waals surface area contributed by atoms with Gasteiger partial charge in [-0.05, 0) is 49.2 Å². The molecule has 0 amide bonds. The molecule has 0 heterocycles. The third-order valence-corrected chi connectivity index (χ3v) is 4.02. The molecule has 3 atom stereocenters. The van der Waals surface area contributed by atoms with E-state index in [1.807, 2.05) is 0 Å². The van der Waals surface area contributed by atoms with Gasteiger partial charge in [-0.15, -0.1) is 5.73 Å². The van der Waals surface area contributed by atoms with Gasteiger partial charge in [-0.3, -0.25) is 0 Å². The molecule has 0 radical (unpaired) electrons. The molecule has 0 spiro atoms. The van der Waals surface area contributed by atoms with Crippen LogP contribution in [-0.2, 0) is 0 Å². The van der Waals surface area contributed by atoms with Gasteiger partial charge < -0.3 is 5.41 Å². The highest BCUT2D eigenvalue weighted by Crippen LogP contribution is 2.60. The van der Waals surface area contributed by atoms with Crippen LogP contribution in [0.4, 0.5) is 0 Å². The molecule has 1 heteroatoms. The highest BCUT2D eigenvalue weighted by atomic mass is 14.5. The van der Waals surface area contributed by atoms with Crippen molar-refractivity contribution in [2.24, 2.45) is 17.3 Å². The zero-order chi connectivity index (χ0) is 11.2. The second-order valence-corrected chi connectivity index (χ2v) is 5.27. The Hall–Kier alpha value is -1.07. The molecule has 1 N–H and O–H groups in total. The molecule has 0 aromatic rings. The van der Waals surface area contributed by atoms with Crippen LogP contribution in [-0.4, -0.2) is 6.21 Å². The summed E-state index contributed by atoms with van der Waals surface area (Å²) in [5, 5.41) is 7.15. The number of hydrogen-bond donors (Lipinski definition) is 1. The van der Waals surface area contributed by atoms with Gasteiger partial charge >= 0.3 is 0 Å². The monoisotopic (exact) mass is 201 g/mol. The molecule has 0 saturated heterocycles. The molecule has 2 aliphatic rings. The van der Waals surface area contributed by atoms with Crippen LogP contribution in [0.25, 0.3) is 0 Å². The molecule has 2 saturated carbocycles. The first-order chi connectivity index (χ1) is 6.99. The topological polar surface area (TPSA) is 23.9 Å². The lowest BCUT2D eigenvalue weighted by Crippen LogP contribution is -1.99. The molecule has 0 aliphatic heterocycles. The summed E-state index contributed by atoms with van der Waals surface area (Å²) >= 11 is 0. The van der Waals surface area contributed by atoms with E-state index in [1.54, 1.807) is 0 Å². The number of rotatable bonds is 3. The van der Waals surface area contributed by atoms with Gasteiger partial charge in [0.1, 0.15) is 0 Å². The second kappa shape index (κ2) is 3.21. The van der Waals surface area contributed by atoms with Gasteiger partial charge in [-0.1, -0.05) is 19.1 Å². The lowest BCUT2D eigenvalue weighted by molar-refractivity contribution is 0.634. The fraction of sp³-hybridized carbons (Fsp3) is 0.571. The molecule has 3 unspecified atom stereocenters. The molecule has 2 fully saturated rings. The largest absolute Gasteiger partial charge is 0.312 e. The Morgan fingerprint density at radius 3 is 2.67 bits per heavy atom. The normalized spacial score (nSPS) is 36.9. The molecular weight excluding hydrogens is 182 g/mol. The number of nitrogens with one attached hydrogen (secondary N) is 1. The zero-order valence-corrected chi connectivity index (χ0v) is 9.85. The first-order valence-electron chi connectivity index (χ1n) is 5.62. The van der Waals surface area contributed by atoms with E-state index in [0.717, 1.165) is 6.42 Å². The number of hydrogen-bond acceptors (Lipinski definition) is 1. The maximum Gasteiger partial charge on any atom is 0.0265 e. The van der Waals surface area contributed by atoms with Crippen molar-refractivity contribution in [3.8, 4) is 0 Å². The standard InChI is InChI=1S/C14H19N/c1-9(2)14(4)7-13(14)10(3)5-11-6-12(11)8-15/h8,12-13,15H,1,6-7H2,2-4H3. The van der Waals surface area contributed by atoms with Crippen LogP contribution >= 0.6 is 0 Å². The van der Waals surface area contributed by atoms with E-state index in [9.17, 15) is 0 Å². The second-order valence-electron chi connectivity index (χ2n) is 5.27. The minimum Gasteiger partial charge on any atom is -0.312 e. The van der Waals surface area contributed by atoms with Crippen molar-refractivity contribution in [3.05, 3.63) is 29.0 Å². The van der Waals surface area contributed by atoms with Crippen molar-refractivity contribution in [2.75, 3.05) is 0 Å². The summed E-state index contributed by atoms with van der Waals surface area (Å²) < 4.78 is 0. The van der Waals surface area contributed by atoms with E-state index in [4.69, 9.17) is 5.41 Å². The molecule has 0 aromatic carbocycles. The SMILES string of the molecule is C=C(C)C1(C)CC1C(C)=C=C1CC1C=N. The third kappa shape index (κ3) is 1.72. The Morgan fingerprint density at radius 2 is 2.27 bits per heavy atom. The molecule has 0 aromatic heterocycles. The molecule has 80 valence electrons. The summed E-state index contributed by atoms with van der Waals surface area (Å²) in [5.74, 6) is 1.05. The van der Waals surface area contributed by atoms with Crippen LogP contribution in [0, 0.1) is 22.7 Å². The van der Waals surface area contributed by atoms with E-state index >= 15 is 0 Å². The van der Waals surface area contributed by atoms with Gasteiger partial charge in [0, 0.05) is 12.1 Å². The van der Waals surface area contributed by atoms with Crippen molar-refractivity contribution in [3.63, 3.8) is 0 Å². The summed E-state index contributed by atoms with van der Waals surface area (Å²) in [5.41, 5.74) is 7.76. The van der Waals surface area contributed by atoms with Gasteiger partial charge in [0.15, 0.2) is 0 Å². The highest BCUT2D eigenvalue weighted by molar-refractivity contribution is 5.68. The van der Waals surface area contributed by atoms with Crippen molar-refractivity contribution in [1.29, 1.82) is 5.41 Å². The van der Waals surface area contributed by atoms with Crippen LogP contribution in [0.15, 0.2) is 29.0 Å². The Bertz CT molecular complexity index is 396. The average Bonchev–Trinajstić information content (AvgIpc) is 3.02. The summed E-state index contributed by atoms with van der Waals surface area (Å²) in [4.78, 5) is 0. The molecule has 1 nitrogen and oxygen atoms in total. The molecule has 2 rings (SSSR count). The van der Waals surface area contributed by atoms with Crippen molar-refractivity contribution >= 4 is 6.21 Å². The van der Waals surface area contributed by atoms with Crippen LogP contribution in [0.1, 0.15) is 33.6 Å². The fourth-order valence-electron chi connectivity index (χ4n) is 2.29. The first-order valence-corrected chi connectivity index (χ1v) is 5.62. The van der Waals surface area contributed by atoms with Crippen molar-refractivity contribution in [1.82, 2.24) is 0 Å². The van der Waals surface area contributed by atoms with Crippen LogP contribution in [0.5, 0.6) is 0 Å². The van der Waals surface area contributed by atoms with E-state index in [-0.39, 0.29) is 0 Å². The quantitative estimate of drug-likeness (QED) is 0.409. The summed E-state index contributed by atoms with van der Waals surface area (Å²) in [6.07, 6.45) is 3.81. The van der Waals surface area contributed by atoms with E-state index in [2.05, 4.69) is 33.1 Å². The van der Waals surface area contributed by atoms with Gasteiger partial charge in [0.25, 0.3) is 0 Å². The maximum atomic E-state index is 7.15. The molecular formula is C14H19N. The summed E-state index contributed by atoms with van der Waals surface area (Å²) in [6, 6.07) is 0. The van der Waals surface area contributed by atoms with E-state index in [0.29, 0.717) is 17.3 Å². The van der Waals surface area contributed by atoms with Crippen molar-refractivity contribution in [2.45, 2.75) is 33.6 Å². The van der Waals surface area contributed by atoms with E-state index in [1.165, 1.54) is 29.4 Å². The van der Waals surface area contributed by atoms with Crippen LogP contribution < -0.4 is 0 Å².